The van der Waals surface area contributed by atoms with Crippen LogP contribution in [-0.2, 0) is 0 Å². The van der Waals surface area contributed by atoms with Crippen molar-refractivity contribution in [2.45, 2.75) is 26.7 Å². The Balaban J connectivity index is 2.86. The predicted molar refractivity (Wildman–Crippen MR) is 81.0 cm³/mol. The molecule has 1 aromatic carbocycles. The minimum Gasteiger partial charge on any atom is -0.493 e. The van der Waals surface area contributed by atoms with Crippen molar-refractivity contribution in [3.63, 3.8) is 0 Å². The third-order valence-electron chi connectivity index (χ3n) is 3.40. The summed E-state index contributed by atoms with van der Waals surface area (Å²) in [4.78, 5) is 12.1. The van der Waals surface area contributed by atoms with Gasteiger partial charge in [-0.3, -0.25) is 4.79 Å². The van der Waals surface area contributed by atoms with Crippen molar-refractivity contribution < 1.29 is 14.3 Å². The number of methoxy groups -OCH3 is 2. The molecule has 4 nitrogen and oxygen atoms in total. The fraction of sp³-hybridized carbons (Fsp3) is 0.533. The average Bonchev–Trinajstić information content (AvgIpc) is 2.47. The molecule has 1 aromatic rings. The lowest BCUT2D eigenvalue weighted by Gasteiger charge is -2.15. The lowest BCUT2D eigenvalue weighted by Crippen LogP contribution is -2.28. The Morgan fingerprint density at radius 2 is 1.90 bits per heavy atom. The van der Waals surface area contributed by atoms with E-state index in [0.29, 0.717) is 34.5 Å². The maximum absolute atomic E-state index is 12.1. The van der Waals surface area contributed by atoms with Gasteiger partial charge in [0.25, 0.3) is 5.91 Å². The van der Waals surface area contributed by atoms with Gasteiger partial charge in [0.1, 0.15) is 0 Å². The molecule has 0 aliphatic rings. The van der Waals surface area contributed by atoms with Gasteiger partial charge in [-0.15, -0.1) is 0 Å². The monoisotopic (exact) mass is 299 g/mol. The van der Waals surface area contributed by atoms with Gasteiger partial charge in [-0.05, 0) is 18.1 Å². The molecule has 20 heavy (non-hydrogen) atoms. The van der Waals surface area contributed by atoms with Crippen molar-refractivity contribution in [1.29, 1.82) is 0 Å². The van der Waals surface area contributed by atoms with Crippen LogP contribution in [-0.4, -0.2) is 26.7 Å². The molecule has 112 valence electrons. The summed E-state index contributed by atoms with van der Waals surface area (Å²) in [6, 6.07) is 3.22. The van der Waals surface area contributed by atoms with Crippen LogP contribution >= 0.6 is 11.6 Å². The molecule has 0 aliphatic heterocycles. The molecular weight excluding hydrogens is 278 g/mol. The SMILES string of the molecule is CCC(CC)CNC(=O)c1cc(Cl)c(OC)c(OC)c1. The van der Waals surface area contributed by atoms with E-state index in [2.05, 4.69) is 19.2 Å². The summed E-state index contributed by atoms with van der Waals surface area (Å²) in [7, 11) is 3.02. The summed E-state index contributed by atoms with van der Waals surface area (Å²) in [6.45, 7) is 4.90. The van der Waals surface area contributed by atoms with Gasteiger partial charge in [0, 0.05) is 12.1 Å². The van der Waals surface area contributed by atoms with Crippen molar-refractivity contribution in [3.8, 4) is 11.5 Å². The first-order chi connectivity index (χ1) is 9.57. The smallest absolute Gasteiger partial charge is 0.251 e. The first kappa shape index (κ1) is 16.6. The second-order valence-electron chi connectivity index (χ2n) is 4.59. The van der Waals surface area contributed by atoms with E-state index < -0.39 is 0 Å². The summed E-state index contributed by atoms with van der Waals surface area (Å²) in [6.07, 6.45) is 2.09. The third-order valence-corrected chi connectivity index (χ3v) is 3.68. The van der Waals surface area contributed by atoms with Crippen LogP contribution in [0.3, 0.4) is 0 Å². The fourth-order valence-corrected chi connectivity index (χ4v) is 2.25. The fourth-order valence-electron chi connectivity index (χ4n) is 1.97. The molecule has 1 N–H and O–H groups in total. The Kier molecular flexibility index (Phi) is 6.65. The Morgan fingerprint density at radius 3 is 2.40 bits per heavy atom. The molecule has 1 amide bonds. The minimum absolute atomic E-state index is 0.153. The van der Waals surface area contributed by atoms with Crippen LogP contribution in [0.1, 0.15) is 37.0 Å². The van der Waals surface area contributed by atoms with E-state index in [0.717, 1.165) is 12.8 Å². The Labute approximate surface area is 125 Å². The van der Waals surface area contributed by atoms with E-state index >= 15 is 0 Å². The molecule has 0 aromatic heterocycles. The average molecular weight is 300 g/mol. The second-order valence-corrected chi connectivity index (χ2v) is 4.99. The highest BCUT2D eigenvalue weighted by Crippen LogP contribution is 2.35. The number of carbonyl (C=O) groups excluding carboxylic acids is 1. The zero-order valence-corrected chi connectivity index (χ0v) is 13.2. The highest BCUT2D eigenvalue weighted by molar-refractivity contribution is 6.32. The van der Waals surface area contributed by atoms with Crippen LogP contribution in [0.15, 0.2) is 12.1 Å². The number of rotatable bonds is 7. The maximum atomic E-state index is 12.1. The number of nitrogens with one attached hydrogen (secondary N) is 1. The number of hydrogen-bond donors (Lipinski definition) is 1. The first-order valence-electron chi connectivity index (χ1n) is 6.77. The lowest BCUT2D eigenvalue weighted by atomic mass is 10.0. The Bertz CT molecular complexity index is 459. The maximum Gasteiger partial charge on any atom is 0.251 e. The quantitative estimate of drug-likeness (QED) is 0.838. The molecule has 0 saturated carbocycles. The van der Waals surface area contributed by atoms with E-state index in [1.165, 1.54) is 14.2 Å². The third kappa shape index (κ3) is 4.04. The van der Waals surface area contributed by atoms with Crippen molar-refractivity contribution in [3.05, 3.63) is 22.7 Å². The normalized spacial score (nSPS) is 10.5. The van der Waals surface area contributed by atoms with Crippen LogP contribution in [0.5, 0.6) is 11.5 Å². The van der Waals surface area contributed by atoms with Gasteiger partial charge in [0.2, 0.25) is 0 Å². The van der Waals surface area contributed by atoms with Crippen LogP contribution < -0.4 is 14.8 Å². The summed E-state index contributed by atoms with van der Waals surface area (Å²) in [5, 5.41) is 3.28. The zero-order valence-electron chi connectivity index (χ0n) is 12.5. The molecule has 0 unspecified atom stereocenters. The number of ether oxygens (including phenoxy) is 2. The molecule has 0 saturated heterocycles. The lowest BCUT2D eigenvalue weighted by molar-refractivity contribution is 0.0946. The van der Waals surface area contributed by atoms with Gasteiger partial charge in [0.05, 0.1) is 19.2 Å². The summed E-state index contributed by atoms with van der Waals surface area (Å²) in [5.74, 6) is 1.23. The molecular formula is C15H22ClNO3. The molecule has 0 atom stereocenters. The number of halogens is 1. The van der Waals surface area contributed by atoms with E-state index in [9.17, 15) is 4.79 Å². The van der Waals surface area contributed by atoms with Crippen molar-refractivity contribution >= 4 is 17.5 Å². The Morgan fingerprint density at radius 1 is 1.25 bits per heavy atom. The topological polar surface area (TPSA) is 47.6 Å². The van der Waals surface area contributed by atoms with Crippen LogP contribution in [0.2, 0.25) is 5.02 Å². The Hall–Kier alpha value is -1.42. The van der Waals surface area contributed by atoms with Crippen molar-refractivity contribution in [2.75, 3.05) is 20.8 Å². The summed E-state index contributed by atoms with van der Waals surface area (Å²) < 4.78 is 10.3. The highest BCUT2D eigenvalue weighted by atomic mass is 35.5. The number of benzene rings is 1. The van der Waals surface area contributed by atoms with Gasteiger partial charge < -0.3 is 14.8 Å². The number of amides is 1. The first-order valence-corrected chi connectivity index (χ1v) is 7.14. The molecule has 1 rings (SSSR count). The van der Waals surface area contributed by atoms with Gasteiger partial charge in [-0.25, -0.2) is 0 Å². The van der Waals surface area contributed by atoms with E-state index in [1.54, 1.807) is 12.1 Å². The molecule has 0 bridgehead atoms. The van der Waals surface area contributed by atoms with Gasteiger partial charge in [-0.2, -0.15) is 0 Å². The summed E-state index contributed by atoms with van der Waals surface area (Å²) in [5.41, 5.74) is 0.471. The van der Waals surface area contributed by atoms with Crippen molar-refractivity contribution in [2.24, 2.45) is 5.92 Å². The number of hydrogen-bond acceptors (Lipinski definition) is 3. The van der Waals surface area contributed by atoms with Gasteiger partial charge >= 0.3 is 0 Å². The largest absolute Gasteiger partial charge is 0.493 e. The standard InChI is InChI=1S/C15H22ClNO3/c1-5-10(6-2)9-17-15(18)11-7-12(16)14(20-4)13(8-11)19-3/h7-8,10H,5-6,9H2,1-4H3,(H,17,18). The molecule has 0 aliphatic carbocycles. The highest BCUT2D eigenvalue weighted by Gasteiger charge is 2.15. The zero-order chi connectivity index (χ0) is 15.1. The minimum atomic E-state index is -0.153. The van der Waals surface area contributed by atoms with Crippen LogP contribution in [0.4, 0.5) is 0 Å². The predicted octanol–water partition coefficient (Wildman–Crippen LogP) is 3.52. The molecule has 0 spiro atoms. The molecule has 5 heteroatoms. The number of carbonyl (C=O) groups is 1. The molecule has 0 fully saturated rings. The van der Waals surface area contributed by atoms with E-state index in [1.807, 2.05) is 0 Å². The van der Waals surface area contributed by atoms with E-state index in [-0.39, 0.29) is 5.91 Å². The van der Waals surface area contributed by atoms with Crippen molar-refractivity contribution in [1.82, 2.24) is 5.32 Å². The molecule has 0 heterocycles. The molecule has 0 radical (unpaired) electrons. The van der Waals surface area contributed by atoms with Gasteiger partial charge in [0.15, 0.2) is 11.5 Å². The second kappa shape index (κ2) is 8.00. The van der Waals surface area contributed by atoms with E-state index in [4.69, 9.17) is 21.1 Å². The summed E-state index contributed by atoms with van der Waals surface area (Å²) >= 11 is 6.09. The van der Waals surface area contributed by atoms with Crippen LogP contribution in [0.25, 0.3) is 0 Å². The van der Waals surface area contributed by atoms with Crippen LogP contribution in [0, 0.1) is 5.92 Å². The van der Waals surface area contributed by atoms with Gasteiger partial charge in [-0.1, -0.05) is 38.3 Å².